The van der Waals surface area contributed by atoms with Gasteiger partial charge < -0.3 is 60.0 Å². The SMILES string of the molecule is CCCC(=O)NC[C@H](C)CCC(=O)[C@@H](C)[C@H]1[C@H](O)C[C@H]2[C@@H]3CC[C@H]4C[C@@H](O[C@@H]5O[C@H](CO)[C@@H](O[C@@H]6O[C@@H](C)[C@H](O)[C@@H](O)[C@H]6O)[C@H](O)[C@H]5O)CC[C@]4(C)[C@H]3CC[C@]12C. The second-order valence-corrected chi connectivity index (χ2v) is 19.5. The Kier molecular flexibility index (Phi) is 14.6. The van der Waals surface area contributed by atoms with E-state index in [0.717, 1.165) is 64.2 Å². The molecule has 0 aromatic carbocycles. The van der Waals surface area contributed by atoms with Crippen molar-refractivity contribution in [3.63, 3.8) is 0 Å². The third-order valence-electron chi connectivity index (χ3n) is 16.0. The van der Waals surface area contributed by atoms with Gasteiger partial charge in [-0.05, 0) is 117 Å². The van der Waals surface area contributed by atoms with Crippen molar-refractivity contribution in [2.45, 2.75) is 192 Å². The summed E-state index contributed by atoms with van der Waals surface area (Å²) in [5.74, 6) is 1.86. The van der Waals surface area contributed by atoms with Gasteiger partial charge in [0.05, 0.1) is 24.9 Å². The van der Waals surface area contributed by atoms with Gasteiger partial charge in [0.15, 0.2) is 12.6 Å². The molecule has 14 nitrogen and oxygen atoms in total. The van der Waals surface area contributed by atoms with Gasteiger partial charge in [-0.2, -0.15) is 0 Å². The minimum Gasteiger partial charge on any atom is -0.394 e. The number of carbonyl (C=O) groups excluding carboxylic acids is 2. The quantitative estimate of drug-likeness (QED) is 0.118. The van der Waals surface area contributed by atoms with Crippen LogP contribution in [0.3, 0.4) is 0 Å². The summed E-state index contributed by atoms with van der Waals surface area (Å²) in [5.41, 5.74) is -0.0367. The first kappa shape index (κ1) is 45.2. The van der Waals surface area contributed by atoms with Crippen LogP contribution >= 0.6 is 0 Å². The molecule has 1 amide bonds. The van der Waals surface area contributed by atoms with Crippen molar-refractivity contribution in [3.05, 3.63) is 0 Å². The maximum Gasteiger partial charge on any atom is 0.219 e. The molecular weight excluding hydrogens is 738 g/mol. The highest BCUT2D eigenvalue weighted by Crippen LogP contribution is 2.68. The normalized spacial score (nSPS) is 48.3. The number of aliphatic hydroxyl groups is 7. The fraction of sp³-hybridized carbons (Fsp3) is 0.953. The molecule has 6 fully saturated rings. The van der Waals surface area contributed by atoms with Crippen LogP contribution in [-0.4, -0.2) is 134 Å². The predicted octanol–water partition coefficient (Wildman–Crippen LogP) is 2.19. The molecule has 328 valence electrons. The Hall–Kier alpha value is -1.30. The molecule has 2 heterocycles. The molecule has 4 saturated carbocycles. The fourth-order valence-corrected chi connectivity index (χ4v) is 12.6. The lowest BCUT2D eigenvalue weighted by Crippen LogP contribution is -2.64. The molecule has 21 atom stereocenters. The minimum absolute atomic E-state index is 0.0555. The molecule has 8 N–H and O–H groups in total. The van der Waals surface area contributed by atoms with Crippen molar-refractivity contribution >= 4 is 11.7 Å². The summed E-state index contributed by atoms with van der Waals surface area (Å²) in [4.78, 5) is 25.6. The van der Waals surface area contributed by atoms with Crippen LogP contribution in [0.1, 0.15) is 119 Å². The summed E-state index contributed by atoms with van der Waals surface area (Å²) in [6.45, 7) is 12.3. The number of Topliss-reactive ketones (excluding diaryl/α,β-unsaturated/α-hetero) is 1. The van der Waals surface area contributed by atoms with Gasteiger partial charge in [-0.1, -0.05) is 34.6 Å². The van der Waals surface area contributed by atoms with Gasteiger partial charge >= 0.3 is 0 Å². The van der Waals surface area contributed by atoms with E-state index in [1.54, 1.807) is 0 Å². The van der Waals surface area contributed by atoms with Gasteiger partial charge in [0, 0.05) is 25.3 Å². The highest BCUT2D eigenvalue weighted by atomic mass is 16.7. The second-order valence-electron chi connectivity index (χ2n) is 19.5. The molecule has 6 rings (SSSR count). The van der Waals surface area contributed by atoms with Crippen molar-refractivity contribution < 1.29 is 64.3 Å². The van der Waals surface area contributed by atoms with Gasteiger partial charge in [-0.25, -0.2) is 0 Å². The van der Waals surface area contributed by atoms with E-state index < -0.39 is 74.1 Å². The van der Waals surface area contributed by atoms with Crippen molar-refractivity contribution in [1.82, 2.24) is 5.32 Å². The average molecular weight is 812 g/mol. The molecule has 0 aromatic heterocycles. The largest absolute Gasteiger partial charge is 0.394 e. The third kappa shape index (κ3) is 8.89. The number of nitrogens with one attached hydrogen (secondary N) is 1. The third-order valence-corrected chi connectivity index (χ3v) is 16.0. The molecular formula is C43H73NO13. The van der Waals surface area contributed by atoms with E-state index in [4.69, 9.17) is 18.9 Å². The van der Waals surface area contributed by atoms with Crippen molar-refractivity contribution in [2.24, 2.45) is 52.3 Å². The first-order chi connectivity index (χ1) is 26.9. The van der Waals surface area contributed by atoms with E-state index in [9.17, 15) is 45.3 Å². The molecule has 0 bridgehead atoms. The van der Waals surface area contributed by atoms with Gasteiger partial charge in [0.1, 0.15) is 48.5 Å². The molecule has 0 spiro atoms. The Morgan fingerprint density at radius 1 is 0.807 bits per heavy atom. The van der Waals surface area contributed by atoms with Crippen LogP contribution in [0.15, 0.2) is 0 Å². The number of ether oxygens (including phenoxy) is 4. The highest BCUT2D eigenvalue weighted by Gasteiger charge is 2.63. The van der Waals surface area contributed by atoms with Gasteiger partial charge in [0.2, 0.25) is 5.91 Å². The smallest absolute Gasteiger partial charge is 0.219 e. The second kappa shape index (κ2) is 18.4. The lowest BCUT2D eigenvalue weighted by molar-refractivity contribution is -0.361. The van der Waals surface area contributed by atoms with E-state index in [-0.39, 0.29) is 46.4 Å². The molecule has 4 aliphatic carbocycles. The lowest BCUT2D eigenvalue weighted by atomic mass is 9.44. The zero-order chi connectivity index (χ0) is 41.6. The van der Waals surface area contributed by atoms with E-state index in [1.165, 1.54) is 6.92 Å². The van der Waals surface area contributed by atoms with Crippen molar-refractivity contribution in [3.8, 4) is 0 Å². The first-order valence-electron chi connectivity index (χ1n) is 22.1. The molecule has 0 aromatic rings. The van der Waals surface area contributed by atoms with Gasteiger partial charge in [-0.3, -0.25) is 9.59 Å². The number of ketones is 1. The monoisotopic (exact) mass is 812 g/mol. The van der Waals surface area contributed by atoms with Crippen LogP contribution in [0, 0.1) is 52.3 Å². The number of amides is 1. The lowest BCUT2D eigenvalue weighted by Gasteiger charge is -2.61. The number of hydrogen-bond acceptors (Lipinski definition) is 13. The summed E-state index contributed by atoms with van der Waals surface area (Å²) < 4.78 is 23.7. The molecule has 6 aliphatic rings. The predicted molar refractivity (Wildman–Crippen MR) is 207 cm³/mol. The van der Waals surface area contributed by atoms with Crippen LogP contribution < -0.4 is 5.32 Å². The highest BCUT2D eigenvalue weighted by molar-refractivity contribution is 5.81. The minimum atomic E-state index is -1.63. The number of fused-ring (bicyclic) bond motifs is 5. The number of hydrogen-bond donors (Lipinski definition) is 8. The van der Waals surface area contributed by atoms with Crippen LogP contribution in [0.25, 0.3) is 0 Å². The molecule has 0 radical (unpaired) electrons. The zero-order valence-electron chi connectivity index (χ0n) is 34.9. The van der Waals surface area contributed by atoms with E-state index in [1.807, 2.05) is 13.8 Å². The summed E-state index contributed by atoms with van der Waals surface area (Å²) in [5, 5.41) is 77.8. The molecule has 14 heteroatoms. The van der Waals surface area contributed by atoms with E-state index in [2.05, 4.69) is 26.1 Å². The number of carbonyl (C=O) groups is 2. The van der Waals surface area contributed by atoms with Crippen LogP contribution in [0.4, 0.5) is 0 Å². The van der Waals surface area contributed by atoms with Gasteiger partial charge in [-0.15, -0.1) is 0 Å². The standard InChI is InChI=1S/C43H73NO13/c1-7-8-32(48)44-19-21(2)9-12-29(46)22(3)33-30(47)18-28-26-11-10-24-17-25(13-15-42(24,5)27(26)14-16-43(28,33)6)55-41-38(53)36(51)39(31(20-45)56-41)57-40-37(52)35(50)34(49)23(4)54-40/h21-28,30-31,33-41,45,47,49-53H,7-20H2,1-6H3,(H,44,48)/t21-,22-,23+,24+,25+,26-,27+,28+,30-,31-,33+,34+,35-,36-,37-,38-,39-,40+,41-,42+,43+/m1/s1. The Morgan fingerprint density at radius 3 is 2.19 bits per heavy atom. The maximum absolute atomic E-state index is 13.6. The van der Waals surface area contributed by atoms with Gasteiger partial charge in [0.25, 0.3) is 0 Å². The van der Waals surface area contributed by atoms with Crippen LogP contribution in [0.2, 0.25) is 0 Å². The van der Waals surface area contributed by atoms with Crippen molar-refractivity contribution in [1.29, 1.82) is 0 Å². The van der Waals surface area contributed by atoms with Crippen LogP contribution in [-0.2, 0) is 28.5 Å². The maximum atomic E-state index is 13.6. The Balaban J connectivity index is 1.03. The van der Waals surface area contributed by atoms with Crippen LogP contribution in [0.5, 0.6) is 0 Å². The zero-order valence-corrected chi connectivity index (χ0v) is 34.9. The fourth-order valence-electron chi connectivity index (χ4n) is 12.6. The van der Waals surface area contributed by atoms with Crippen molar-refractivity contribution in [2.75, 3.05) is 13.2 Å². The summed E-state index contributed by atoms with van der Waals surface area (Å²) in [7, 11) is 0. The summed E-state index contributed by atoms with van der Waals surface area (Å²) in [6.07, 6.45) is -4.57. The Bertz CT molecular complexity index is 1370. The molecule has 57 heavy (non-hydrogen) atoms. The van der Waals surface area contributed by atoms with E-state index >= 15 is 0 Å². The summed E-state index contributed by atoms with van der Waals surface area (Å²) >= 11 is 0. The summed E-state index contributed by atoms with van der Waals surface area (Å²) in [6, 6.07) is 0. The number of rotatable bonds is 14. The number of aliphatic hydroxyl groups excluding tert-OH is 7. The Labute approximate surface area is 338 Å². The van der Waals surface area contributed by atoms with E-state index in [0.29, 0.717) is 43.1 Å². The molecule has 2 saturated heterocycles. The Morgan fingerprint density at radius 2 is 1.49 bits per heavy atom. The topological polar surface area (TPSA) is 225 Å². The average Bonchev–Trinajstić information content (AvgIpc) is 3.46. The molecule has 0 unspecified atom stereocenters. The first-order valence-corrected chi connectivity index (χ1v) is 22.1. The molecule has 2 aliphatic heterocycles.